The summed E-state index contributed by atoms with van der Waals surface area (Å²) in [7, 11) is 0. The normalized spacial score (nSPS) is 12.8. The topological polar surface area (TPSA) is 75.4 Å². The zero-order valence-electron chi connectivity index (χ0n) is 11.6. The smallest absolute Gasteiger partial charge is 0.244 e. The molecule has 0 saturated carbocycles. The SMILES string of the molecule is O=C(/C=C/c1nc2ccccc2s1)NC(CO)c1ccco1. The molecule has 3 aromatic rings. The maximum atomic E-state index is 11.9. The van der Waals surface area contributed by atoms with Crippen LogP contribution in [-0.4, -0.2) is 22.6 Å². The number of aliphatic hydroxyl groups excluding tert-OH is 1. The number of nitrogens with zero attached hydrogens (tertiary/aromatic N) is 1. The number of carbonyl (C=O) groups is 1. The van der Waals surface area contributed by atoms with Crippen molar-refractivity contribution < 1.29 is 14.3 Å². The molecule has 5 nitrogen and oxygen atoms in total. The maximum absolute atomic E-state index is 11.9. The van der Waals surface area contributed by atoms with Gasteiger partial charge in [0.25, 0.3) is 0 Å². The second-order valence-corrected chi connectivity index (χ2v) is 5.67. The van der Waals surface area contributed by atoms with Crippen molar-refractivity contribution in [3.63, 3.8) is 0 Å². The fourth-order valence-corrected chi connectivity index (χ4v) is 2.89. The maximum Gasteiger partial charge on any atom is 0.244 e. The number of para-hydroxylation sites is 1. The first-order chi connectivity index (χ1) is 10.8. The molecule has 0 fully saturated rings. The quantitative estimate of drug-likeness (QED) is 0.710. The number of furan rings is 1. The van der Waals surface area contributed by atoms with Gasteiger partial charge < -0.3 is 14.8 Å². The van der Waals surface area contributed by atoms with Crippen molar-refractivity contribution in [2.45, 2.75) is 6.04 Å². The molecular formula is C16H14N2O3S. The predicted molar refractivity (Wildman–Crippen MR) is 85.3 cm³/mol. The molecule has 1 unspecified atom stereocenters. The summed E-state index contributed by atoms with van der Waals surface area (Å²) in [5.41, 5.74) is 0.913. The number of rotatable bonds is 5. The second kappa shape index (κ2) is 6.55. The molecular weight excluding hydrogens is 300 g/mol. The minimum atomic E-state index is -0.553. The molecule has 1 atom stereocenters. The van der Waals surface area contributed by atoms with E-state index in [4.69, 9.17) is 4.42 Å². The Morgan fingerprint density at radius 2 is 2.23 bits per heavy atom. The van der Waals surface area contributed by atoms with Gasteiger partial charge in [-0.2, -0.15) is 0 Å². The van der Waals surface area contributed by atoms with Crippen molar-refractivity contribution in [3.05, 3.63) is 59.5 Å². The van der Waals surface area contributed by atoms with E-state index in [1.54, 1.807) is 18.2 Å². The molecule has 0 saturated heterocycles. The lowest BCUT2D eigenvalue weighted by Crippen LogP contribution is -2.28. The summed E-state index contributed by atoms with van der Waals surface area (Å²) in [6.07, 6.45) is 4.57. The number of aliphatic hydroxyl groups is 1. The van der Waals surface area contributed by atoms with E-state index in [0.29, 0.717) is 5.76 Å². The third-order valence-electron chi connectivity index (χ3n) is 3.07. The summed E-state index contributed by atoms with van der Waals surface area (Å²) >= 11 is 1.52. The van der Waals surface area contributed by atoms with Crippen molar-refractivity contribution in [3.8, 4) is 0 Å². The van der Waals surface area contributed by atoms with Gasteiger partial charge in [0, 0.05) is 6.08 Å². The molecule has 0 bridgehead atoms. The molecule has 0 aliphatic carbocycles. The fourth-order valence-electron chi connectivity index (χ4n) is 2.02. The third-order valence-corrected chi connectivity index (χ3v) is 4.08. The molecule has 0 aliphatic heterocycles. The van der Waals surface area contributed by atoms with Crippen LogP contribution in [0.25, 0.3) is 16.3 Å². The van der Waals surface area contributed by atoms with Crippen molar-refractivity contribution in [1.82, 2.24) is 10.3 Å². The second-order valence-electron chi connectivity index (χ2n) is 4.61. The lowest BCUT2D eigenvalue weighted by atomic mass is 10.2. The number of nitrogens with one attached hydrogen (secondary N) is 1. The summed E-state index contributed by atoms with van der Waals surface area (Å²) in [5, 5.41) is 12.8. The number of hydrogen-bond acceptors (Lipinski definition) is 5. The first kappa shape index (κ1) is 14.5. The van der Waals surface area contributed by atoms with Gasteiger partial charge in [0.1, 0.15) is 16.8 Å². The number of fused-ring (bicyclic) bond motifs is 1. The van der Waals surface area contributed by atoms with E-state index in [2.05, 4.69) is 10.3 Å². The minimum absolute atomic E-state index is 0.228. The lowest BCUT2D eigenvalue weighted by molar-refractivity contribution is -0.117. The molecule has 0 aliphatic rings. The van der Waals surface area contributed by atoms with Gasteiger partial charge in [0.15, 0.2) is 0 Å². The van der Waals surface area contributed by atoms with Crippen LogP contribution in [0.4, 0.5) is 0 Å². The van der Waals surface area contributed by atoms with E-state index in [0.717, 1.165) is 15.2 Å². The average molecular weight is 314 g/mol. The summed E-state index contributed by atoms with van der Waals surface area (Å²) in [4.78, 5) is 16.3. The first-order valence-electron chi connectivity index (χ1n) is 6.74. The van der Waals surface area contributed by atoms with Gasteiger partial charge in [-0.15, -0.1) is 11.3 Å². The van der Waals surface area contributed by atoms with Crippen molar-refractivity contribution >= 4 is 33.5 Å². The Labute approximate surface area is 130 Å². The van der Waals surface area contributed by atoms with E-state index in [1.165, 1.54) is 23.7 Å². The number of aromatic nitrogens is 1. The number of hydrogen-bond donors (Lipinski definition) is 2. The van der Waals surface area contributed by atoms with Crippen LogP contribution in [0.15, 0.2) is 53.2 Å². The molecule has 0 radical (unpaired) electrons. The molecule has 1 amide bonds. The van der Waals surface area contributed by atoms with E-state index < -0.39 is 6.04 Å². The molecule has 3 rings (SSSR count). The molecule has 1 aromatic carbocycles. The monoisotopic (exact) mass is 314 g/mol. The van der Waals surface area contributed by atoms with Crippen molar-refractivity contribution in [2.24, 2.45) is 0 Å². The zero-order valence-corrected chi connectivity index (χ0v) is 12.4. The highest BCUT2D eigenvalue weighted by atomic mass is 32.1. The van der Waals surface area contributed by atoms with Crippen LogP contribution < -0.4 is 5.32 Å². The van der Waals surface area contributed by atoms with Crippen LogP contribution in [-0.2, 0) is 4.79 Å². The summed E-state index contributed by atoms with van der Waals surface area (Å²) in [6, 6.07) is 10.7. The van der Waals surface area contributed by atoms with E-state index in [1.807, 2.05) is 24.3 Å². The van der Waals surface area contributed by atoms with Gasteiger partial charge in [-0.25, -0.2) is 4.98 Å². The van der Waals surface area contributed by atoms with Gasteiger partial charge in [-0.1, -0.05) is 12.1 Å². The van der Waals surface area contributed by atoms with Crippen LogP contribution in [0.1, 0.15) is 16.8 Å². The predicted octanol–water partition coefficient (Wildman–Crippen LogP) is 2.75. The summed E-state index contributed by atoms with van der Waals surface area (Å²) in [6.45, 7) is -0.228. The molecule has 22 heavy (non-hydrogen) atoms. The van der Waals surface area contributed by atoms with Crippen molar-refractivity contribution in [2.75, 3.05) is 6.61 Å². The summed E-state index contributed by atoms with van der Waals surface area (Å²) in [5.74, 6) is 0.207. The standard InChI is InChI=1S/C16H14N2O3S/c19-10-12(13-5-3-9-21-13)17-15(20)7-8-16-18-11-4-1-2-6-14(11)22-16/h1-9,12,19H,10H2,(H,17,20)/b8-7+. The molecule has 112 valence electrons. The van der Waals surface area contributed by atoms with E-state index in [-0.39, 0.29) is 12.5 Å². The molecule has 2 aromatic heterocycles. The van der Waals surface area contributed by atoms with Gasteiger partial charge in [0.05, 0.1) is 23.1 Å². The highest BCUT2D eigenvalue weighted by Crippen LogP contribution is 2.22. The van der Waals surface area contributed by atoms with Crippen LogP contribution in [0, 0.1) is 0 Å². The first-order valence-corrected chi connectivity index (χ1v) is 7.56. The van der Waals surface area contributed by atoms with Crippen LogP contribution in [0.3, 0.4) is 0 Å². The van der Waals surface area contributed by atoms with E-state index in [9.17, 15) is 9.90 Å². The Hall–Kier alpha value is -2.44. The van der Waals surface area contributed by atoms with Crippen LogP contribution >= 0.6 is 11.3 Å². The zero-order chi connectivity index (χ0) is 15.4. The Morgan fingerprint density at radius 3 is 2.95 bits per heavy atom. The molecule has 2 heterocycles. The molecule has 6 heteroatoms. The highest BCUT2D eigenvalue weighted by Gasteiger charge is 2.14. The average Bonchev–Trinajstić information content (AvgIpc) is 3.19. The largest absolute Gasteiger partial charge is 0.467 e. The number of amides is 1. The Balaban J connectivity index is 1.68. The molecule has 2 N–H and O–H groups in total. The van der Waals surface area contributed by atoms with Gasteiger partial charge in [-0.3, -0.25) is 4.79 Å². The fraction of sp³-hybridized carbons (Fsp3) is 0.125. The Morgan fingerprint density at radius 1 is 1.36 bits per heavy atom. The number of carbonyl (C=O) groups excluding carboxylic acids is 1. The Bertz CT molecular complexity index is 760. The minimum Gasteiger partial charge on any atom is -0.467 e. The lowest BCUT2D eigenvalue weighted by Gasteiger charge is -2.11. The van der Waals surface area contributed by atoms with E-state index >= 15 is 0 Å². The van der Waals surface area contributed by atoms with Gasteiger partial charge >= 0.3 is 0 Å². The third kappa shape index (κ3) is 3.24. The molecule has 0 spiro atoms. The highest BCUT2D eigenvalue weighted by molar-refractivity contribution is 7.19. The van der Waals surface area contributed by atoms with Crippen molar-refractivity contribution in [1.29, 1.82) is 0 Å². The van der Waals surface area contributed by atoms with Crippen LogP contribution in [0.2, 0.25) is 0 Å². The van der Waals surface area contributed by atoms with Gasteiger partial charge in [0.2, 0.25) is 5.91 Å². The number of benzene rings is 1. The summed E-state index contributed by atoms with van der Waals surface area (Å²) < 4.78 is 6.26. The number of thiazole rings is 1. The Kier molecular flexibility index (Phi) is 4.32. The van der Waals surface area contributed by atoms with Crippen LogP contribution in [0.5, 0.6) is 0 Å². The van der Waals surface area contributed by atoms with Gasteiger partial charge in [-0.05, 0) is 30.3 Å².